The molecule has 270 valence electrons. The maximum atomic E-state index is 11.5. The van der Waals surface area contributed by atoms with Crippen LogP contribution in [0.5, 0.6) is 0 Å². The fraction of sp³-hybridized carbons (Fsp3) is 0.318. The average Bonchev–Trinajstić information content (AvgIpc) is 3.34. The van der Waals surface area contributed by atoms with Gasteiger partial charge in [-0.3, -0.25) is 27.8 Å². The number of hydrogen-bond donors (Lipinski definition) is 7. The molecule has 1 aromatic carbocycles. The molecule has 7 N–H and O–H groups in total. The van der Waals surface area contributed by atoms with E-state index in [-0.39, 0.29) is 27.8 Å². The van der Waals surface area contributed by atoms with Gasteiger partial charge in [-0.05, 0) is 37.1 Å². The van der Waals surface area contributed by atoms with Gasteiger partial charge in [0, 0.05) is 20.1 Å². The minimum atomic E-state index is -4.92. The number of benzene rings is 1. The van der Waals surface area contributed by atoms with E-state index >= 15 is 0 Å². The lowest BCUT2D eigenvalue weighted by Crippen LogP contribution is -2.46. The summed E-state index contributed by atoms with van der Waals surface area (Å²) in [6.07, 6.45) is -5.47. The molecule has 0 aliphatic heterocycles. The Balaban J connectivity index is 0. The number of hydrogen-bond acceptors (Lipinski definition) is 16. The van der Waals surface area contributed by atoms with Gasteiger partial charge in [0.05, 0.1) is 17.3 Å². The molecule has 0 fully saturated rings. The van der Waals surface area contributed by atoms with Crippen LogP contribution in [0.2, 0.25) is 5.28 Å². The molecule has 2 aromatic heterocycles. The topological polar surface area (TPSA) is 400 Å². The summed E-state index contributed by atoms with van der Waals surface area (Å²) in [5.41, 5.74) is 0.605. The van der Waals surface area contributed by atoms with Gasteiger partial charge in [0.25, 0.3) is 15.7 Å². The first-order valence-corrected chi connectivity index (χ1v) is 15.0. The van der Waals surface area contributed by atoms with Crippen molar-refractivity contribution in [2.24, 2.45) is 14.1 Å². The Hall–Kier alpha value is -4.76. The number of carbonyl (C=O) groups is 4. The summed E-state index contributed by atoms with van der Waals surface area (Å²) in [7, 11) is -6.01. The van der Waals surface area contributed by atoms with E-state index in [9.17, 15) is 47.4 Å². The number of rotatable bonds is 7. The normalized spacial score (nSPS) is 11.8. The van der Waals surface area contributed by atoms with Crippen LogP contribution in [-0.2, 0) is 53.8 Å². The molecule has 0 radical (unpaired) electrons. The molecule has 0 bridgehead atoms. The maximum absolute atomic E-state index is 11.5. The van der Waals surface area contributed by atoms with E-state index in [1.807, 2.05) is 6.92 Å². The first kappa shape index (κ1) is 45.4. The number of carboxylic acids is 4. The number of nitrogens with one attached hydrogen (secondary N) is 1. The summed E-state index contributed by atoms with van der Waals surface area (Å²) < 4.78 is 64.6. The van der Waals surface area contributed by atoms with Crippen LogP contribution in [0.3, 0.4) is 0 Å². The SMILES string of the molecule is Cc1ccc(S(=O)(=O)O)cc1.Cn1c(=O)c2[nH]c(Cl)nc2n(C)c1=O.O=C([O-])C(O)C(O)C(=O)O.O=C([O-])CCC(=O)O.O=S(=O)([O-])O. The molecular weight excluding hydrogens is 724 g/mol. The Morgan fingerprint density at radius 1 is 0.917 bits per heavy atom. The molecule has 0 aliphatic rings. The van der Waals surface area contributed by atoms with E-state index in [0.717, 1.165) is 10.1 Å². The zero-order valence-electron chi connectivity index (χ0n) is 24.4. The molecule has 0 saturated carbocycles. The van der Waals surface area contributed by atoms with Crippen LogP contribution in [0.15, 0.2) is 38.8 Å². The van der Waals surface area contributed by atoms with Crippen LogP contribution < -0.4 is 21.5 Å². The lowest BCUT2D eigenvalue weighted by molar-refractivity contribution is -0.318. The number of carbonyl (C=O) groups excluding carboxylic acids is 2. The van der Waals surface area contributed by atoms with Crippen molar-refractivity contribution in [3.8, 4) is 0 Å². The Bertz CT molecular complexity index is 1880. The zero-order valence-corrected chi connectivity index (χ0v) is 26.8. The number of aromatic nitrogens is 4. The molecular formula is C22H26ClN4O19S2-3. The molecule has 0 spiro atoms. The Kier molecular flexibility index (Phi) is 18.7. The van der Waals surface area contributed by atoms with Crippen molar-refractivity contribution >= 4 is 67.2 Å². The summed E-state index contributed by atoms with van der Waals surface area (Å²) in [4.78, 5) is 67.9. The summed E-state index contributed by atoms with van der Waals surface area (Å²) in [6, 6.07) is 5.99. The number of aliphatic hydroxyl groups excluding tert-OH is 2. The molecule has 0 aliphatic carbocycles. The summed E-state index contributed by atoms with van der Waals surface area (Å²) in [6.45, 7) is 1.84. The molecule has 3 rings (SSSR count). The van der Waals surface area contributed by atoms with Crippen LogP contribution in [0.25, 0.3) is 11.2 Å². The fourth-order valence-electron chi connectivity index (χ4n) is 2.48. The minimum Gasteiger partial charge on any atom is -0.726 e. The second kappa shape index (κ2) is 19.8. The van der Waals surface area contributed by atoms with E-state index in [1.54, 1.807) is 12.1 Å². The third kappa shape index (κ3) is 18.4. The summed E-state index contributed by atoms with van der Waals surface area (Å²) in [5, 5.41) is 51.6. The molecule has 3 aromatic rings. The Labute approximate surface area is 273 Å². The highest BCUT2D eigenvalue weighted by Gasteiger charge is 2.24. The first-order valence-electron chi connectivity index (χ1n) is 11.9. The van der Waals surface area contributed by atoms with E-state index < -0.39 is 74.3 Å². The number of imidazole rings is 1. The Morgan fingerprint density at radius 2 is 1.38 bits per heavy atom. The smallest absolute Gasteiger partial charge is 0.335 e. The number of halogens is 1. The minimum absolute atomic E-state index is 0.0666. The highest BCUT2D eigenvalue weighted by Crippen LogP contribution is 2.09. The van der Waals surface area contributed by atoms with Gasteiger partial charge in [0.2, 0.25) is 15.7 Å². The number of fused-ring (bicyclic) bond motifs is 1. The van der Waals surface area contributed by atoms with Gasteiger partial charge in [0.1, 0.15) is 6.10 Å². The van der Waals surface area contributed by atoms with Crippen LogP contribution in [0.1, 0.15) is 18.4 Å². The number of H-pyrrole nitrogens is 1. The predicted octanol–water partition coefficient (Wildman–Crippen LogP) is -5.00. The standard InChI is InChI=1S/C7H7ClN4O2.C7H8O3S.C4H6O6.C4H6O4.H2O4S/c1-11-4-3(9-6(8)10-4)5(13)12(2)7(11)14;1-6-2-4-7(5-3-6)11(8,9)10;5-1(3(7)8)2(6)4(9)10;5-3(6)1-2-4(7)8;1-5(2,3)4/h1-2H3,(H,9,10);2-5H,1H3,(H,8,9,10);1-2,5-6H,(H,7,8)(H,9,10);1-2H2,(H,5,6)(H,7,8);(H2,1,2,3,4)/p-3. The van der Waals surface area contributed by atoms with E-state index in [4.69, 9.17) is 54.1 Å². The predicted molar refractivity (Wildman–Crippen MR) is 151 cm³/mol. The van der Waals surface area contributed by atoms with Crippen molar-refractivity contribution < 1.29 is 80.3 Å². The van der Waals surface area contributed by atoms with Gasteiger partial charge < -0.3 is 49.8 Å². The molecule has 23 nitrogen and oxygen atoms in total. The van der Waals surface area contributed by atoms with Crippen molar-refractivity contribution in [2.45, 2.75) is 36.9 Å². The van der Waals surface area contributed by atoms with Crippen LogP contribution in [-0.4, -0.2) is 106 Å². The second-order valence-corrected chi connectivity index (χ2v) is 11.1. The summed E-state index contributed by atoms with van der Waals surface area (Å²) in [5.74, 6) is -6.27. The Morgan fingerprint density at radius 3 is 1.69 bits per heavy atom. The van der Waals surface area contributed by atoms with Crippen LogP contribution >= 0.6 is 11.6 Å². The van der Waals surface area contributed by atoms with Gasteiger partial charge in [-0.2, -0.15) is 13.4 Å². The largest absolute Gasteiger partial charge is 0.726 e. The number of carboxylic acid groups (broad SMARTS) is 4. The third-order valence-electron chi connectivity index (χ3n) is 4.72. The van der Waals surface area contributed by atoms with Gasteiger partial charge >= 0.3 is 17.6 Å². The molecule has 0 saturated heterocycles. The van der Waals surface area contributed by atoms with Gasteiger partial charge in [-0.25, -0.2) is 18.0 Å². The molecule has 48 heavy (non-hydrogen) atoms. The zero-order chi connectivity index (χ0) is 38.3. The molecule has 2 unspecified atom stereocenters. The maximum Gasteiger partial charge on any atom is 0.335 e. The molecule has 2 atom stereocenters. The number of aliphatic carboxylic acids is 4. The average molecular weight is 750 g/mol. The highest BCUT2D eigenvalue weighted by atomic mass is 35.5. The fourth-order valence-corrected chi connectivity index (χ4v) is 3.14. The molecule has 2 heterocycles. The van der Waals surface area contributed by atoms with E-state index in [1.165, 1.54) is 30.8 Å². The third-order valence-corrected chi connectivity index (χ3v) is 5.77. The van der Waals surface area contributed by atoms with Gasteiger partial charge in [0.15, 0.2) is 17.3 Å². The van der Waals surface area contributed by atoms with Crippen LogP contribution in [0.4, 0.5) is 0 Å². The van der Waals surface area contributed by atoms with Crippen molar-refractivity contribution in [1.29, 1.82) is 0 Å². The van der Waals surface area contributed by atoms with Gasteiger partial charge in [-0.15, -0.1) is 0 Å². The molecule has 0 amide bonds. The highest BCUT2D eigenvalue weighted by molar-refractivity contribution is 7.85. The van der Waals surface area contributed by atoms with Crippen molar-refractivity contribution in [3.63, 3.8) is 0 Å². The van der Waals surface area contributed by atoms with Crippen molar-refractivity contribution in [1.82, 2.24) is 19.1 Å². The number of nitrogens with zero attached hydrogens (tertiary/aromatic N) is 3. The quantitative estimate of drug-likeness (QED) is 0.0675. The lowest BCUT2D eigenvalue weighted by Gasteiger charge is -2.13. The van der Waals surface area contributed by atoms with E-state index in [0.29, 0.717) is 0 Å². The number of aromatic amines is 1. The van der Waals surface area contributed by atoms with Crippen molar-refractivity contribution in [3.05, 3.63) is 56.0 Å². The van der Waals surface area contributed by atoms with Crippen LogP contribution in [0, 0.1) is 6.92 Å². The lowest BCUT2D eigenvalue weighted by atomic mass is 10.2. The number of aliphatic hydroxyl groups is 2. The molecule has 26 heteroatoms. The first-order chi connectivity index (χ1) is 21.6. The second-order valence-electron chi connectivity index (χ2n) is 8.46. The monoisotopic (exact) mass is 749 g/mol. The number of aryl methyl sites for hydroxylation is 2. The van der Waals surface area contributed by atoms with Crippen molar-refractivity contribution in [2.75, 3.05) is 0 Å². The van der Waals surface area contributed by atoms with E-state index in [2.05, 4.69) is 9.97 Å². The summed E-state index contributed by atoms with van der Waals surface area (Å²) >= 11 is 5.60. The van der Waals surface area contributed by atoms with Gasteiger partial charge in [-0.1, -0.05) is 17.7 Å².